The predicted octanol–water partition coefficient (Wildman–Crippen LogP) is 18.4. The van der Waals surface area contributed by atoms with Crippen LogP contribution < -0.4 is 5.32 Å². The molecule has 394 valence electrons. The summed E-state index contributed by atoms with van der Waals surface area (Å²) in [6, 6.07) is -0.549. The molecule has 6 nitrogen and oxygen atoms in total. The fraction of sp³-hybridized carbons (Fsp3) is 0.869. The van der Waals surface area contributed by atoms with Gasteiger partial charge in [-0.2, -0.15) is 0 Å². The smallest absolute Gasteiger partial charge is 0.305 e. The van der Waals surface area contributed by atoms with Crippen LogP contribution in [-0.4, -0.2) is 47.4 Å². The minimum absolute atomic E-state index is 0.00383. The van der Waals surface area contributed by atoms with Gasteiger partial charge in [-0.25, -0.2) is 0 Å². The maximum atomic E-state index is 12.5. The Morgan fingerprint density at radius 3 is 1.18 bits per heavy atom. The molecule has 0 aromatic carbocycles. The quantitative estimate of drug-likeness (QED) is 0.0321. The molecule has 0 spiro atoms. The Morgan fingerprint density at radius 2 is 0.746 bits per heavy atom. The van der Waals surface area contributed by atoms with Crippen molar-refractivity contribution in [3.05, 3.63) is 36.5 Å². The normalized spacial score (nSPS) is 12.8. The van der Waals surface area contributed by atoms with Crippen LogP contribution in [0.25, 0.3) is 0 Å². The number of allylic oxidation sites excluding steroid dienone is 6. The molecule has 0 saturated carbocycles. The maximum absolute atomic E-state index is 12.5. The number of aliphatic hydroxyl groups excluding tert-OH is 2. The monoisotopic (exact) mass is 942 g/mol. The first-order valence-corrected chi connectivity index (χ1v) is 29.7. The molecule has 0 fully saturated rings. The van der Waals surface area contributed by atoms with Crippen LogP contribution in [-0.2, 0) is 14.3 Å². The van der Waals surface area contributed by atoms with Gasteiger partial charge in [0.1, 0.15) is 0 Å². The van der Waals surface area contributed by atoms with Gasteiger partial charge in [0.05, 0.1) is 25.4 Å². The van der Waals surface area contributed by atoms with Gasteiger partial charge in [-0.3, -0.25) is 9.59 Å². The van der Waals surface area contributed by atoms with Crippen molar-refractivity contribution in [2.24, 2.45) is 0 Å². The molecule has 0 rings (SSSR count). The lowest BCUT2D eigenvalue weighted by molar-refractivity contribution is -0.143. The van der Waals surface area contributed by atoms with Crippen molar-refractivity contribution in [1.82, 2.24) is 5.32 Å². The molecule has 3 N–H and O–H groups in total. The number of esters is 1. The number of hydrogen-bond acceptors (Lipinski definition) is 5. The molecular weight excluding hydrogens is 827 g/mol. The van der Waals surface area contributed by atoms with Gasteiger partial charge in [0.2, 0.25) is 5.91 Å². The molecule has 0 aromatic heterocycles. The number of carbonyl (C=O) groups excluding carboxylic acids is 2. The maximum Gasteiger partial charge on any atom is 0.305 e. The van der Waals surface area contributed by atoms with E-state index in [1.165, 1.54) is 231 Å². The molecule has 2 atom stereocenters. The fourth-order valence-electron chi connectivity index (χ4n) is 9.08. The first-order chi connectivity index (χ1) is 33.0. The van der Waals surface area contributed by atoms with Crippen molar-refractivity contribution >= 4 is 11.9 Å². The second-order valence-corrected chi connectivity index (χ2v) is 20.3. The summed E-state index contributed by atoms with van der Waals surface area (Å²) < 4.78 is 5.48. The van der Waals surface area contributed by atoms with Gasteiger partial charge in [-0.15, -0.1) is 0 Å². The van der Waals surface area contributed by atoms with Crippen LogP contribution in [0.5, 0.6) is 0 Å². The Hall–Kier alpha value is -1.92. The first kappa shape index (κ1) is 65.1. The summed E-state index contributed by atoms with van der Waals surface area (Å²) in [6.07, 6.45) is 69.9. The third kappa shape index (κ3) is 53.3. The summed E-state index contributed by atoms with van der Waals surface area (Å²) in [4.78, 5) is 24.5. The Bertz CT molecular complexity index is 1090. The standard InChI is InChI=1S/C61H115NO5/c1-3-5-7-9-11-13-15-17-19-23-27-31-35-39-43-47-51-55-61(66)67-56-52-48-44-40-36-32-28-25-22-20-21-24-26-30-34-38-42-46-50-54-60(65)62-58(57-63)59(64)53-49-45-41-37-33-29-18-16-14-12-10-8-6-4-2/h11,13,17,19-21,58-59,63-64H,3-10,12,14-16,18,22-57H2,1-2H3,(H,62,65)/b13-11-,19-17-,21-20-. The number of aliphatic hydroxyl groups is 2. The molecule has 0 aliphatic carbocycles. The molecule has 0 radical (unpaired) electrons. The van der Waals surface area contributed by atoms with Crippen molar-refractivity contribution in [3.63, 3.8) is 0 Å². The van der Waals surface area contributed by atoms with E-state index in [9.17, 15) is 19.8 Å². The molecule has 0 aromatic rings. The Balaban J connectivity index is 3.43. The van der Waals surface area contributed by atoms with Gasteiger partial charge in [-0.1, -0.05) is 256 Å². The zero-order valence-corrected chi connectivity index (χ0v) is 44.9. The number of carbonyl (C=O) groups is 2. The van der Waals surface area contributed by atoms with Crippen LogP contribution in [0.1, 0.15) is 316 Å². The summed E-state index contributed by atoms with van der Waals surface area (Å²) in [5.41, 5.74) is 0. The van der Waals surface area contributed by atoms with E-state index in [0.29, 0.717) is 25.9 Å². The van der Waals surface area contributed by atoms with E-state index >= 15 is 0 Å². The summed E-state index contributed by atoms with van der Waals surface area (Å²) >= 11 is 0. The Labute approximate surface area is 417 Å². The molecular formula is C61H115NO5. The van der Waals surface area contributed by atoms with E-state index in [0.717, 1.165) is 51.4 Å². The van der Waals surface area contributed by atoms with Crippen LogP contribution in [0.4, 0.5) is 0 Å². The predicted molar refractivity (Wildman–Crippen MR) is 292 cm³/mol. The van der Waals surface area contributed by atoms with Crippen molar-refractivity contribution < 1.29 is 24.5 Å². The summed E-state index contributed by atoms with van der Waals surface area (Å²) in [7, 11) is 0. The van der Waals surface area contributed by atoms with E-state index < -0.39 is 12.1 Å². The molecule has 0 aliphatic heterocycles. The number of ether oxygens (including phenoxy) is 1. The highest BCUT2D eigenvalue weighted by molar-refractivity contribution is 5.76. The van der Waals surface area contributed by atoms with E-state index in [1.54, 1.807) is 0 Å². The number of unbranched alkanes of at least 4 members (excludes halogenated alkanes) is 38. The number of hydrogen-bond donors (Lipinski definition) is 3. The highest BCUT2D eigenvalue weighted by Gasteiger charge is 2.20. The molecule has 0 aliphatic rings. The van der Waals surface area contributed by atoms with E-state index in [-0.39, 0.29) is 18.5 Å². The number of rotatable bonds is 55. The highest BCUT2D eigenvalue weighted by Crippen LogP contribution is 2.17. The van der Waals surface area contributed by atoms with Crippen molar-refractivity contribution in [3.8, 4) is 0 Å². The lowest BCUT2D eigenvalue weighted by Gasteiger charge is -2.22. The van der Waals surface area contributed by atoms with Gasteiger partial charge in [0.25, 0.3) is 0 Å². The van der Waals surface area contributed by atoms with Crippen LogP contribution in [0, 0.1) is 0 Å². The minimum atomic E-state index is -0.670. The SMILES string of the molecule is CCCCC/C=C\C/C=C\CCCCCCCCCC(=O)OCCCCCCCCCC/C=C\CCCCCCCCCC(=O)NC(CO)C(O)CCCCCCCCCCCCCCCC. The fourth-order valence-corrected chi connectivity index (χ4v) is 9.08. The van der Waals surface area contributed by atoms with Gasteiger partial charge >= 0.3 is 5.97 Å². The average Bonchev–Trinajstić information content (AvgIpc) is 3.33. The second kappa shape index (κ2) is 56.7. The number of amides is 1. The largest absolute Gasteiger partial charge is 0.466 e. The third-order valence-electron chi connectivity index (χ3n) is 13.7. The molecule has 6 heteroatoms. The molecule has 1 amide bonds. The van der Waals surface area contributed by atoms with E-state index in [4.69, 9.17) is 4.74 Å². The topological polar surface area (TPSA) is 95.9 Å². The second-order valence-electron chi connectivity index (χ2n) is 20.3. The summed E-state index contributed by atoms with van der Waals surface area (Å²) in [5, 5.41) is 23.2. The summed E-state index contributed by atoms with van der Waals surface area (Å²) in [6.45, 7) is 4.92. The lowest BCUT2D eigenvalue weighted by atomic mass is 10.0. The van der Waals surface area contributed by atoms with Gasteiger partial charge < -0.3 is 20.3 Å². The van der Waals surface area contributed by atoms with Crippen molar-refractivity contribution in [2.45, 2.75) is 328 Å². The minimum Gasteiger partial charge on any atom is -0.466 e. The number of nitrogens with one attached hydrogen (secondary N) is 1. The highest BCUT2D eigenvalue weighted by atomic mass is 16.5. The van der Waals surface area contributed by atoms with Crippen molar-refractivity contribution in [1.29, 1.82) is 0 Å². The van der Waals surface area contributed by atoms with Gasteiger partial charge in [0, 0.05) is 12.8 Å². The van der Waals surface area contributed by atoms with Crippen LogP contribution in [0.15, 0.2) is 36.5 Å². The lowest BCUT2D eigenvalue weighted by Crippen LogP contribution is -2.45. The Kier molecular flexibility index (Phi) is 55.0. The third-order valence-corrected chi connectivity index (χ3v) is 13.7. The molecule has 0 saturated heterocycles. The first-order valence-electron chi connectivity index (χ1n) is 29.7. The molecule has 2 unspecified atom stereocenters. The molecule has 0 bridgehead atoms. The Morgan fingerprint density at radius 1 is 0.418 bits per heavy atom. The van der Waals surface area contributed by atoms with Gasteiger partial charge in [-0.05, 0) is 83.5 Å². The molecule has 0 heterocycles. The van der Waals surface area contributed by atoms with Crippen LogP contribution in [0.3, 0.4) is 0 Å². The molecule has 67 heavy (non-hydrogen) atoms. The van der Waals surface area contributed by atoms with E-state index in [2.05, 4.69) is 55.6 Å². The zero-order chi connectivity index (χ0) is 48.6. The van der Waals surface area contributed by atoms with E-state index in [1.807, 2.05) is 0 Å². The summed E-state index contributed by atoms with van der Waals surface area (Å²) in [5.74, 6) is -0.0481. The van der Waals surface area contributed by atoms with Gasteiger partial charge in [0.15, 0.2) is 0 Å². The van der Waals surface area contributed by atoms with Crippen LogP contribution >= 0.6 is 0 Å². The van der Waals surface area contributed by atoms with Crippen LogP contribution in [0.2, 0.25) is 0 Å². The zero-order valence-electron chi connectivity index (χ0n) is 44.9. The van der Waals surface area contributed by atoms with Crippen molar-refractivity contribution in [2.75, 3.05) is 13.2 Å². The average molecular weight is 943 g/mol.